The number of allylic oxidation sites excluding steroid dienone is 3. The first-order valence-electron chi connectivity index (χ1n) is 9.69. The van der Waals surface area contributed by atoms with Crippen LogP contribution >= 0.6 is 11.6 Å². The van der Waals surface area contributed by atoms with Crippen molar-refractivity contribution in [1.82, 2.24) is 0 Å². The summed E-state index contributed by atoms with van der Waals surface area (Å²) in [6, 6.07) is 15.0. The molecule has 7 heteroatoms. The van der Waals surface area contributed by atoms with E-state index in [1.54, 1.807) is 23.1 Å². The highest BCUT2D eigenvalue weighted by molar-refractivity contribution is 6.30. The van der Waals surface area contributed by atoms with Gasteiger partial charge < -0.3 is 15.2 Å². The zero-order valence-corrected chi connectivity index (χ0v) is 16.8. The second-order valence-electron chi connectivity index (χ2n) is 7.41. The normalized spacial score (nSPS) is 20.3. The first kappa shape index (κ1) is 18.6. The number of rotatable bonds is 2. The van der Waals surface area contributed by atoms with E-state index < -0.39 is 5.92 Å². The van der Waals surface area contributed by atoms with Crippen LogP contribution in [0.15, 0.2) is 65.1 Å². The molecule has 1 atom stereocenters. The van der Waals surface area contributed by atoms with Gasteiger partial charge in [-0.3, -0.25) is 9.69 Å². The molecule has 2 aromatic rings. The van der Waals surface area contributed by atoms with Crippen molar-refractivity contribution >= 4 is 23.1 Å². The van der Waals surface area contributed by atoms with Crippen molar-refractivity contribution < 1.29 is 14.3 Å². The summed E-state index contributed by atoms with van der Waals surface area (Å²) in [5.74, 6) is 1.06. The van der Waals surface area contributed by atoms with Crippen molar-refractivity contribution in [2.24, 2.45) is 5.73 Å². The third-order valence-electron chi connectivity index (χ3n) is 5.71. The number of carbonyl (C=O) groups is 1. The number of halogens is 1. The molecule has 30 heavy (non-hydrogen) atoms. The quantitative estimate of drug-likeness (QED) is 0.777. The molecule has 150 valence electrons. The number of ketones is 1. The molecule has 0 radical (unpaired) electrons. The number of hydrogen-bond acceptors (Lipinski definition) is 6. The Balaban J connectivity index is 1.73. The Hall–Kier alpha value is -3.43. The van der Waals surface area contributed by atoms with Crippen LogP contribution in [0, 0.1) is 11.3 Å². The van der Waals surface area contributed by atoms with Gasteiger partial charge in [0.1, 0.15) is 5.82 Å². The van der Waals surface area contributed by atoms with Crippen LogP contribution in [0.1, 0.15) is 30.7 Å². The van der Waals surface area contributed by atoms with Crippen LogP contribution in [-0.4, -0.2) is 12.6 Å². The summed E-state index contributed by atoms with van der Waals surface area (Å²) in [7, 11) is 0. The highest BCUT2D eigenvalue weighted by Crippen LogP contribution is 2.48. The zero-order chi connectivity index (χ0) is 20.8. The van der Waals surface area contributed by atoms with Gasteiger partial charge in [-0.05, 0) is 48.7 Å². The van der Waals surface area contributed by atoms with Gasteiger partial charge in [0.15, 0.2) is 17.3 Å². The second-order valence-corrected chi connectivity index (χ2v) is 7.85. The van der Waals surface area contributed by atoms with E-state index in [1.165, 1.54) is 0 Å². The standard InChI is InChI=1S/C23H18ClN3O3/c24-14-3-1-4-15(10-14)27-17-5-2-6-18(28)22(17)21(16(11-25)23(27)26)13-7-8-19-20(9-13)30-12-29-19/h1,3-4,7-10,21H,2,5-6,12,26H2. The lowest BCUT2D eigenvalue weighted by atomic mass is 9.75. The molecule has 0 aromatic heterocycles. The van der Waals surface area contributed by atoms with E-state index in [-0.39, 0.29) is 12.6 Å². The van der Waals surface area contributed by atoms with Crippen molar-refractivity contribution in [3.05, 3.63) is 75.7 Å². The van der Waals surface area contributed by atoms with Crippen molar-refractivity contribution in [3.63, 3.8) is 0 Å². The largest absolute Gasteiger partial charge is 0.454 e. The Morgan fingerprint density at radius 3 is 2.77 bits per heavy atom. The highest BCUT2D eigenvalue weighted by Gasteiger charge is 2.40. The van der Waals surface area contributed by atoms with E-state index in [0.717, 1.165) is 23.4 Å². The van der Waals surface area contributed by atoms with Gasteiger partial charge in [0, 0.05) is 28.4 Å². The monoisotopic (exact) mass is 419 g/mol. The predicted molar refractivity (Wildman–Crippen MR) is 112 cm³/mol. The molecule has 2 heterocycles. The Bertz CT molecular complexity index is 1180. The van der Waals surface area contributed by atoms with Gasteiger partial charge >= 0.3 is 0 Å². The zero-order valence-electron chi connectivity index (χ0n) is 16.0. The van der Waals surface area contributed by atoms with Crippen LogP contribution in [0.25, 0.3) is 0 Å². The fourth-order valence-corrected chi connectivity index (χ4v) is 4.61. The third-order valence-corrected chi connectivity index (χ3v) is 5.94. The Kier molecular flexibility index (Phi) is 4.41. The second kappa shape index (κ2) is 7.12. The van der Waals surface area contributed by atoms with Gasteiger partial charge in [-0.15, -0.1) is 0 Å². The number of anilines is 1. The molecule has 2 aliphatic heterocycles. The summed E-state index contributed by atoms with van der Waals surface area (Å²) in [5.41, 5.74) is 9.85. The topological polar surface area (TPSA) is 88.6 Å². The van der Waals surface area contributed by atoms with Crippen molar-refractivity contribution in [1.29, 1.82) is 5.26 Å². The summed E-state index contributed by atoms with van der Waals surface area (Å²) in [4.78, 5) is 14.9. The van der Waals surface area contributed by atoms with Crippen molar-refractivity contribution in [2.45, 2.75) is 25.2 Å². The lowest BCUT2D eigenvalue weighted by molar-refractivity contribution is -0.116. The van der Waals surface area contributed by atoms with Gasteiger partial charge in [0.25, 0.3) is 0 Å². The van der Waals surface area contributed by atoms with E-state index >= 15 is 0 Å². The SMILES string of the molecule is N#CC1=C(N)N(c2cccc(Cl)c2)C2=C(C(=O)CCC2)C1c1ccc2c(c1)OCO2. The first-order valence-corrected chi connectivity index (χ1v) is 10.1. The number of Topliss-reactive ketones (excluding diaryl/α,β-unsaturated/α-hetero) is 1. The number of ether oxygens (including phenoxy) is 2. The Labute approximate surface area is 178 Å². The number of fused-ring (bicyclic) bond motifs is 1. The van der Waals surface area contributed by atoms with Crippen LogP contribution < -0.4 is 20.1 Å². The number of nitrogens with zero attached hydrogens (tertiary/aromatic N) is 2. The third kappa shape index (κ3) is 2.82. The number of hydrogen-bond donors (Lipinski definition) is 1. The fraction of sp³-hybridized carbons (Fsp3) is 0.217. The van der Waals surface area contributed by atoms with Gasteiger partial charge in [0.2, 0.25) is 6.79 Å². The van der Waals surface area contributed by atoms with E-state index in [1.807, 2.05) is 24.3 Å². The molecule has 1 aliphatic carbocycles. The van der Waals surface area contributed by atoms with Gasteiger partial charge in [-0.1, -0.05) is 23.7 Å². The van der Waals surface area contributed by atoms with Crippen molar-refractivity contribution in [2.75, 3.05) is 11.7 Å². The van der Waals surface area contributed by atoms with Gasteiger partial charge in [-0.2, -0.15) is 5.26 Å². The minimum atomic E-state index is -0.539. The average Bonchev–Trinajstić information content (AvgIpc) is 3.21. The molecular formula is C23H18ClN3O3. The summed E-state index contributed by atoms with van der Waals surface area (Å²) in [6.45, 7) is 0.155. The number of carbonyl (C=O) groups excluding carboxylic acids is 1. The molecule has 0 spiro atoms. The molecule has 0 amide bonds. The van der Waals surface area contributed by atoms with E-state index in [0.29, 0.717) is 46.3 Å². The van der Waals surface area contributed by atoms with Crippen LogP contribution in [0.2, 0.25) is 5.02 Å². The van der Waals surface area contributed by atoms with E-state index in [4.69, 9.17) is 26.8 Å². The molecule has 1 unspecified atom stereocenters. The lowest BCUT2D eigenvalue weighted by Gasteiger charge is -2.39. The Morgan fingerprint density at radius 1 is 1.13 bits per heavy atom. The molecule has 5 rings (SSSR count). The molecule has 2 aromatic carbocycles. The minimum Gasteiger partial charge on any atom is -0.454 e. The molecule has 2 N–H and O–H groups in total. The maximum Gasteiger partial charge on any atom is 0.231 e. The molecular weight excluding hydrogens is 402 g/mol. The number of benzene rings is 2. The fourth-order valence-electron chi connectivity index (χ4n) is 4.42. The smallest absolute Gasteiger partial charge is 0.231 e. The highest BCUT2D eigenvalue weighted by atomic mass is 35.5. The maximum absolute atomic E-state index is 13.1. The van der Waals surface area contributed by atoms with E-state index in [9.17, 15) is 10.1 Å². The Morgan fingerprint density at radius 2 is 1.97 bits per heavy atom. The van der Waals surface area contributed by atoms with Crippen LogP contribution in [0.3, 0.4) is 0 Å². The first-order chi connectivity index (χ1) is 14.6. The molecule has 0 fully saturated rings. The number of nitriles is 1. The van der Waals surface area contributed by atoms with Crippen LogP contribution in [0.5, 0.6) is 11.5 Å². The molecule has 0 saturated carbocycles. The lowest BCUT2D eigenvalue weighted by Crippen LogP contribution is -2.38. The molecule has 6 nitrogen and oxygen atoms in total. The van der Waals surface area contributed by atoms with Gasteiger partial charge in [0.05, 0.1) is 17.6 Å². The van der Waals surface area contributed by atoms with Crippen LogP contribution in [-0.2, 0) is 4.79 Å². The van der Waals surface area contributed by atoms with Gasteiger partial charge in [-0.25, -0.2) is 0 Å². The molecule has 0 saturated heterocycles. The average molecular weight is 420 g/mol. The number of nitrogens with two attached hydrogens (primary N) is 1. The maximum atomic E-state index is 13.1. The molecule has 0 bridgehead atoms. The summed E-state index contributed by atoms with van der Waals surface area (Å²) in [5, 5.41) is 10.6. The summed E-state index contributed by atoms with van der Waals surface area (Å²) >= 11 is 6.21. The van der Waals surface area contributed by atoms with Crippen molar-refractivity contribution in [3.8, 4) is 17.6 Å². The molecule has 3 aliphatic rings. The minimum absolute atomic E-state index is 0.0335. The summed E-state index contributed by atoms with van der Waals surface area (Å²) in [6.07, 6.45) is 1.87. The predicted octanol–water partition coefficient (Wildman–Crippen LogP) is 4.37. The summed E-state index contributed by atoms with van der Waals surface area (Å²) < 4.78 is 10.9. The van der Waals surface area contributed by atoms with Crippen LogP contribution in [0.4, 0.5) is 5.69 Å². The van der Waals surface area contributed by atoms with E-state index in [2.05, 4.69) is 6.07 Å².